The Morgan fingerprint density at radius 2 is 1.77 bits per heavy atom. The standard InChI is InChI=1S/C22H23FN6O10P2S2/c23-16-18-14(37-21(16)29-10-26-17-12(30)1-3-24-19(17)29)9-35-40(32,42)38-13-7-11(8-34-41(33,43)39-18)36-20(13)28-5-2-15(31)27-6-4-25-22(27)28/h2-6,10-11,13-14,16,18,20-21H,1,7-9H2,(H,32,42)(H,33,43)/t11-,13+,14+,16-,18+,20+,21+,40?,41?/m0/s1. The summed E-state index contributed by atoms with van der Waals surface area (Å²) in [5.41, 5.74) is -0.256. The summed E-state index contributed by atoms with van der Waals surface area (Å²) in [4.78, 5) is 58.9. The van der Waals surface area contributed by atoms with Crippen LogP contribution in [0.2, 0.25) is 0 Å². The van der Waals surface area contributed by atoms with Crippen molar-refractivity contribution in [1.82, 2.24) is 23.5 Å². The molecule has 0 aromatic carbocycles. The highest BCUT2D eigenvalue weighted by atomic mass is 32.5. The first kappa shape index (κ1) is 29.6. The van der Waals surface area contributed by atoms with Crippen molar-refractivity contribution >= 4 is 60.6 Å². The van der Waals surface area contributed by atoms with E-state index in [0.29, 0.717) is 0 Å². The molecule has 3 fully saturated rings. The zero-order valence-electron chi connectivity index (χ0n) is 21.8. The summed E-state index contributed by atoms with van der Waals surface area (Å²) in [6.45, 7) is -8.94. The van der Waals surface area contributed by atoms with Crippen LogP contribution in [0.25, 0.3) is 5.78 Å². The number of aromatic nitrogens is 5. The fourth-order valence-electron chi connectivity index (χ4n) is 5.40. The molecule has 0 spiro atoms. The van der Waals surface area contributed by atoms with Crippen molar-refractivity contribution in [2.24, 2.45) is 4.99 Å². The quantitative estimate of drug-likeness (QED) is 0.372. The van der Waals surface area contributed by atoms with E-state index in [1.807, 2.05) is 0 Å². The average Bonchev–Trinajstić information content (AvgIpc) is 3.74. The van der Waals surface area contributed by atoms with Crippen LogP contribution in [0.5, 0.6) is 0 Å². The van der Waals surface area contributed by atoms with Gasteiger partial charge in [0.2, 0.25) is 5.78 Å². The molecule has 7 rings (SSSR count). The maximum atomic E-state index is 16.0. The van der Waals surface area contributed by atoms with Gasteiger partial charge in [-0.1, -0.05) is 0 Å². The monoisotopic (exact) mass is 676 g/mol. The van der Waals surface area contributed by atoms with Crippen LogP contribution in [0.1, 0.15) is 35.8 Å². The van der Waals surface area contributed by atoms with Gasteiger partial charge in [0.1, 0.15) is 18.3 Å². The Labute approximate surface area is 251 Å². The van der Waals surface area contributed by atoms with Crippen LogP contribution in [0.3, 0.4) is 0 Å². The third kappa shape index (κ3) is 5.51. The van der Waals surface area contributed by atoms with E-state index < -0.39 is 63.1 Å². The van der Waals surface area contributed by atoms with Gasteiger partial charge in [0.15, 0.2) is 35.9 Å². The molecular formula is C22H23FN6O10P2S2. The second-order valence-electron chi connectivity index (χ2n) is 10.1. The number of nitrogens with zero attached hydrogens (tertiary/aromatic N) is 6. The largest absolute Gasteiger partial charge is 0.349 e. The van der Waals surface area contributed by atoms with E-state index in [4.69, 9.17) is 51.2 Å². The van der Waals surface area contributed by atoms with Gasteiger partial charge in [-0.25, -0.2) is 19.4 Å². The summed E-state index contributed by atoms with van der Waals surface area (Å²) in [5, 5.41) is 0. The van der Waals surface area contributed by atoms with E-state index in [1.54, 1.807) is 0 Å². The van der Waals surface area contributed by atoms with Crippen LogP contribution >= 0.6 is 13.4 Å². The molecular weight excluding hydrogens is 653 g/mol. The molecule has 0 radical (unpaired) electrons. The van der Waals surface area contributed by atoms with Gasteiger partial charge in [0.05, 0.1) is 25.6 Å². The number of hydrogen-bond acceptors (Lipinski definition) is 13. The van der Waals surface area contributed by atoms with Crippen LogP contribution in [0.15, 0.2) is 40.8 Å². The number of ether oxygens (including phenoxy) is 2. The van der Waals surface area contributed by atoms with E-state index in [9.17, 15) is 19.4 Å². The molecule has 2 bridgehead atoms. The van der Waals surface area contributed by atoms with Crippen molar-refractivity contribution < 1.29 is 46.5 Å². The number of ketones is 1. The highest BCUT2D eigenvalue weighted by Crippen LogP contribution is 2.54. The average molecular weight is 677 g/mol. The number of imidazole rings is 2. The number of carbonyl (C=O) groups is 1. The van der Waals surface area contributed by atoms with Crippen molar-refractivity contribution in [3.05, 3.63) is 47.0 Å². The Balaban J connectivity index is 1.18. The van der Waals surface area contributed by atoms with Gasteiger partial charge in [0.25, 0.3) is 5.56 Å². The molecule has 7 heterocycles. The minimum Gasteiger partial charge on any atom is -0.349 e. The highest BCUT2D eigenvalue weighted by molar-refractivity contribution is 8.07. The lowest BCUT2D eigenvalue weighted by Gasteiger charge is -2.28. The van der Waals surface area contributed by atoms with Crippen LogP contribution in [0.4, 0.5) is 10.2 Å². The molecule has 16 nitrogen and oxygen atoms in total. The second-order valence-corrected chi connectivity index (χ2v) is 15.6. The molecule has 9 atom stereocenters. The predicted molar refractivity (Wildman–Crippen MR) is 151 cm³/mol. The van der Waals surface area contributed by atoms with Gasteiger partial charge >= 0.3 is 13.4 Å². The summed E-state index contributed by atoms with van der Waals surface area (Å²) in [7, 11) is 0. The third-order valence-electron chi connectivity index (χ3n) is 7.30. The number of hydrogen-bond donors (Lipinski definition) is 2. The van der Waals surface area contributed by atoms with E-state index >= 15 is 4.39 Å². The van der Waals surface area contributed by atoms with Crippen LogP contribution < -0.4 is 5.56 Å². The molecule has 3 aromatic heterocycles. The Morgan fingerprint density at radius 1 is 0.977 bits per heavy atom. The summed E-state index contributed by atoms with van der Waals surface area (Å²) < 4.78 is 54.7. The summed E-state index contributed by atoms with van der Waals surface area (Å²) >= 11 is 10.5. The third-order valence-corrected chi connectivity index (χ3v) is 10.4. The maximum absolute atomic E-state index is 16.0. The zero-order chi connectivity index (χ0) is 30.1. The minimum absolute atomic E-state index is 0.0602. The molecule has 230 valence electrons. The van der Waals surface area contributed by atoms with Gasteiger partial charge in [-0.15, -0.1) is 0 Å². The number of rotatable bonds is 2. The summed E-state index contributed by atoms with van der Waals surface area (Å²) in [6.07, 6.45) is -1.60. The minimum atomic E-state index is -4.10. The van der Waals surface area contributed by atoms with E-state index in [2.05, 4.69) is 15.0 Å². The molecule has 21 heteroatoms. The van der Waals surface area contributed by atoms with Gasteiger partial charge in [-0.3, -0.25) is 27.6 Å². The van der Waals surface area contributed by atoms with E-state index in [1.165, 1.54) is 50.7 Å². The van der Waals surface area contributed by atoms with Crippen molar-refractivity contribution in [3.8, 4) is 0 Å². The molecule has 2 unspecified atom stereocenters. The first-order valence-electron chi connectivity index (χ1n) is 12.9. The molecule has 43 heavy (non-hydrogen) atoms. The lowest BCUT2D eigenvalue weighted by Crippen LogP contribution is -2.34. The van der Waals surface area contributed by atoms with E-state index in [-0.39, 0.29) is 48.1 Å². The molecule has 0 aliphatic carbocycles. The van der Waals surface area contributed by atoms with Crippen molar-refractivity contribution in [1.29, 1.82) is 0 Å². The number of aliphatic imine (C=N–C) groups is 1. The van der Waals surface area contributed by atoms with E-state index in [0.717, 1.165) is 0 Å². The molecule has 2 N–H and O–H groups in total. The highest BCUT2D eigenvalue weighted by Gasteiger charge is 2.51. The summed E-state index contributed by atoms with van der Waals surface area (Å²) in [6, 6.07) is 1.31. The predicted octanol–water partition coefficient (Wildman–Crippen LogP) is 1.46. The Morgan fingerprint density at radius 3 is 2.60 bits per heavy atom. The van der Waals surface area contributed by atoms with Gasteiger partial charge in [-0.05, 0) is 23.6 Å². The second kappa shape index (κ2) is 11.0. The first-order valence-corrected chi connectivity index (χ1v) is 18.1. The lowest BCUT2D eigenvalue weighted by molar-refractivity contribution is -0.0602. The topological polar surface area (TPSA) is 182 Å². The van der Waals surface area contributed by atoms with Gasteiger partial charge in [-0.2, -0.15) is 0 Å². The first-order chi connectivity index (χ1) is 20.5. The maximum Gasteiger partial charge on any atom is 0.325 e. The Kier molecular flexibility index (Phi) is 7.60. The van der Waals surface area contributed by atoms with Crippen LogP contribution in [0, 0.1) is 0 Å². The number of halogens is 1. The molecule has 0 amide bonds. The van der Waals surface area contributed by atoms with Crippen LogP contribution in [-0.4, -0.2) is 89.1 Å². The number of carbonyl (C=O) groups excluding carboxylic acids is 1. The zero-order valence-corrected chi connectivity index (χ0v) is 25.2. The van der Waals surface area contributed by atoms with Crippen molar-refractivity contribution in [2.45, 2.75) is 55.9 Å². The number of fused-ring (bicyclic) bond motifs is 5. The smallest absolute Gasteiger partial charge is 0.325 e. The van der Waals surface area contributed by atoms with Gasteiger partial charge < -0.3 is 32.8 Å². The number of alkyl halides is 1. The SMILES string of the molecule is O=C1CC=Nc2c1ncn2[C@@H]1O[C@@H]2COP(O)(=S)O[C@@H]3C[C@@H](COP(O)(=S)O[C@H]2[C@@H]1F)O[C@H]3n1ccc(=O)n2ccnc12. The molecule has 3 aromatic rings. The molecule has 4 aliphatic heterocycles. The molecule has 3 saturated heterocycles. The molecule has 4 aliphatic rings. The van der Waals surface area contributed by atoms with Crippen molar-refractivity contribution in [2.75, 3.05) is 13.2 Å². The Bertz CT molecular complexity index is 1780. The normalized spacial score (nSPS) is 38.3. The van der Waals surface area contributed by atoms with Crippen LogP contribution in [-0.2, 0) is 51.2 Å². The fourth-order valence-corrected chi connectivity index (χ4v) is 8.30. The Hall–Kier alpha value is -2.12. The molecule has 0 saturated carbocycles. The number of Topliss-reactive ketones (excluding diaryl/α,β-unsaturated/α-hetero) is 1. The fraction of sp³-hybridized carbons (Fsp3) is 0.500. The lowest BCUT2D eigenvalue weighted by atomic mass is 10.1. The van der Waals surface area contributed by atoms with Crippen molar-refractivity contribution in [3.63, 3.8) is 0 Å². The van der Waals surface area contributed by atoms with Gasteiger partial charge in [0, 0.05) is 43.7 Å². The summed E-state index contributed by atoms with van der Waals surface area (Å²) in [5.74, 6) is 0.0525.